The van der Waals surface area contributed by atoms with Crippen LogP contribution in [0.1, 0.15) is 29.5 Å². The van der Waals surface area contributed by atoms with Crippen molar-refractivity contribution in [2.24, 2.45) is 11.5 Å². The molecule has 0 atom stereocenters. The lowest BCUT2D eigenvalue weighted by atomic mass is 10.2. The summed E-state index contributed by atoms with van der Waals surface area (Å²) in [6.07, 6.45) is -0.0568. The van der Waals surface area contributed by atoms with Crippen LogP contribution in [-0.4, -0.2) is 52.9 Å². The first-order valence-electron chi connectivity index (χ1n) is 15.5. The first kappa shape index (κ1) is 40.1. The second kappa shape index (κ2) is 17.7. The Bertz CT molecular complexity index is 2190. The average Bonchev–Trinajstić information content (AvgIpc) is 3.42. The van der Waals surface area contributed by atoms with Crippen molar-refractivity contribution >= 4 is 51.0 Å². The van der Waals surface area contributed by atoms with Gasteiger partial charge in [0.2, 0.25) is 0 Å². The molecule has 16 nitrogen and oxygen atoms in total. The maximum absolute atomic E-state index is 14.4. The van der Waals surface area contributed by atoms with Gasteiger partial charge in [0.25, 0.3) is 10.0 Å². The molecule has 0 aliphatic carbocycles. The Morgan fingerprint density at radius 2 is 1.36 bits per heavy atom. The number of rotatable bonds is 18. The Hall–Kier alpha value is -5.66. The molecule has 1 aromatic heterocycles. The first-order chi connectivity index (χ1) is 25.1. The van der Waals surface area contributed by atoms with Crippen molar-refractivity contribution in [3.05, 3.63) is 76.9 Å². The number of halogens is 2. The maximum Gasteiger partial charge on any atom is 0.445 e. The van der Waals surface area contributed by atoms with Crippen LogP contribution in [0.15, 0.2) is 52.7 Å². The molecule has 0 aliphatic rings. The Morgan fingerprint density at radius 3 is 1.81 bits per heavy atom. The second-order valence-electron chi connectivity index (χ2n) is 11.0. The van der Waals surface area contributed by atoms with Gasteiger partial charge in [-0.15, -0.1) is 11.3 Å². The SMILES string of the molecule is Cc1c(S(=O)(=O)NCP(=O)(Oc2ccc(C#N)c(F)c2)Oc2ccc(C#N)c(F)c2)sc2cc(OCCCNC(=N)N)c(OCCCNC(=N)N)cc12. The van der Waals surface area contributed by atoms with Crippen molar-refractivity contribution in [1.82, 2.24) is 15.4 Å². The number of nitrogens with zero attached hydrogens (tertiary/aromatic N) is 2. The van der Waals surface area contributed by atoms with E-state index in [0.717, 1.165) is 47.7 Å². The lowest BCUT2D eigenvalue weighted by Crippen LogP contribution is -2.31. The predicted octanol–water partition coefficient (Wildman–Crippen LogP) is 4.32. The quantitative estimate of drug-likeness (QED) is 0.0321. The molecule has 0 radical (unpaired) electrons. The number of guanidine groups is 2. The number of sulfonamides is 1. The van der Waals surface area contributed by atoms with E-state index in [9.17, 15) is 21.8 Å². The van der Waals surface area contributed by atoms with Gasteiger partial charge in [-0.1, -0.05) is 0 Å². The van der Waals surface area contributed by atoms with Crippen LogP contribution in [0.2, 0.25) is 0 Å². The van der Waals surface area contributed by atoms with E-state index in [4.69, 9.17) is 51.3 Å². The highest BCUT2D eigenvalue weighted by molar-refractivity contribution is 7.92. The van der Waals surface area contributed by atoms with Crippen molar-refractivity contribution in [3.63, 3.8) is 0 Å². The maximum atomic E-state index is 14.4. The molecule has 0 amide bonds. The van der Waals surface area contributed by atoms with Gasteiger partial charge in [-0.2, -0.15) is 15.2 Å². The normalized spacial score (nSPS) is 11.3. The zero-order valence-electron chi connectivity index (χ0n) is 28.0. The summed E-state index contributed by atoms with van der Waals surface area (Å²) in [6, 6.07) is 12.4. The number of benzene rings is 3. The first-order valence-corrected chi connectivity index (χ1v) is 19.5. The molecule has 4 rings (SSSR count). The highest BCUT2D eigenvalue weighted by Gasteiger charge is 2.33. The van der Waals surface area contributed by atoms with Crippen LogP contribution in [0.5, 0.6) is 23.0 Å². The van der Waals surface area contributed by atoms with E-state index < -0.39 is 35.5 Å². The Morgan fingerprint density at radius 1 is 0.868 bits per heavy atom. The summed E-state index contributed by atoms with van der Waals surface area (Å²) in [5.74, 6) is -2.50. The minimum absolute atomic E-state index is 0.160. The molecule has 0 unspecified atom stereocenters. The summed E-state index contributed by atoms with van der Waals surface area (Å²) in [4.78, 5) is 0. The topological polar surface area (TPSA) is 272 Å². The van der Waals surface area contributed by atoms with E-state index in [0.29, 0.717) is 53.1 Å². The third-order valence-corrected chi connectivity index (χ3v) is 12.1. The van der Waals surface area contributed by atoms with Crippen molar-refractivity contribution in [1.29, 1.82) is 21.3 Å². The van der Waals surface area contributed by atoms with Gasteiger partial charge in [0.15, 0.2) is 23.4 Å². The number of ether oxygens (including phenoxy) is 2. The Labute approximate surface area is 307 Å². The largest absolute Gasteiger partial charge is 0.490 e. The van der Waals surface area contributed by atoms with Crippen LogP contribution in [0, 0.1) is 52.0 Å². The summed E-state index contributed by atoms with van der Waals surface area (Å²) < 4.78 is 95.7. The fourth-order valence-electron chi connectivity index (χ4n) is 4.56. The Kier molecular flexibility index (Phi) is 13.4. The molecule has 0 fully saturated rings. The molecule has 21 heteroatoms. The summed E-state index contributed by atoms with van der Waals surface area (Å²) in [6.45, 7) is 2.70. The molecule has 53 heavy (non-hydrogen) atoms. The number of nitrogens with one attached hydrogen (secondary N) is 5. The minimum atomic E-state index is -4.66. The fraction of sp³-hybridized carbons (Fsp3) is 0.250. The molecule has 1 heterocycles. The van der Waals surface area contributed by atoms with Crippen molar-refractivity contribution < 1.29 is 40.3 Å². The fourth-order valence-corrected chi connectivity index (χ4v) is 9.39. The van der Waals surface area contributed by atoms with E-state index in [2.05, 4.69) is 15.4 Å². The van der Waals surface area contributed by atoms with Gasteiger partial charge in [-0.25, -0.2) is 21.8 Å². The van der Waals surface area contributed by atoms with Gasteiger partial charge < -0.3 is 40.6 Å². The van der Waals surface area contributed by atoms with E-state index in [1.807, 2.05) is 0 Å². The molecule has 0 saturated carbocycles. The van der Waals surface area contributed by atoms with Crippen LogP contribution in [-0.2, 0) is 14.6 Å². The Balaban J connectivity index is 1.63. The lowest BCUT2D eigenvalue weighted by Gasteiger charge is -2.20. The predicted molar refractivity (Wildman–Crippen MR) is 193 cm³/mol. The molecule has 0 saturated heterocycles. The number of hydrogen-bond acceptors (Lipinski definition) is 12. The van der Waals surface area contributed by atoms with Gasteiger partial charge in [0.1, 0.15) is 45.8 Å². The van der Waals surface area contributed by atoms with Crippen molar-refractivity contribution in [2.45, 2.75) is 24.0 Å². The number of hydrogen-bond donors (Lipinski definition) is 7. The molecule has 0 bridgehead atoms. The van der Waals surface area contributed by atoms with Gasteiger partial charge in [0.05, 0.1) is 24.3 Å². The molecule has 280 valence electrons. The van der Waals surface area contributed by atoms with Crippen LogP contribution < -0.4 is 45.3 Å². The number of nitrogens with two attached hydrogens (primary N) is 2. The smallest absolute Gasteiger partial charge is 0.445 e. The van der Waals surface area contributed by atoms with E-state index in [1.54, 1.807) is 31.2 Å². The van der Waals surface area contributed by atoms with Crippen LogP contribution in [0.4, 0.5) is 8.78 Å². The second-order valence-corrected chi connectivity index (χ2v) is 15.9. The minimum Gasteiger partial charge on any atom is -0.490 e. The van der Waals surface area contributed by atoms with Crippen LogP contribution >= 0.6 is 18.9 Å². The lowest BCUT2D eigenvalue weighted by molar-refractivity contribution is 0.264. The van der Waals surface area contributed by atoms with Crippen molar-refractivity contribution in [3.8, 4) is 35.1 Å². The highest BCUT2D eigenvalue weighted by Crippen LogP contribution is 2.49. The molecule has 9 N–H and O–H groups in total. The van der Waals surface area contributed by atoms with Gasteiger partial charge in [-0.3, -0.25) is 10.8 Å². The number of nitriles is 2. The number of thiophene rings is 1. The van der Waals surface area contributed by atoms with Gasteiger partial charge >= 0.3 is 7.60 Å². The summed E-state index contributed by atoms with van der Waals surface area (Å²) >= 11 is 0.885. The highest BCUT2D eigenvalue weighted by atomic mass is 32.2. The third-order valence-electron chi connectivity index (χ3n) is 7.05. The van der Waals surface area contributed by atoms with Crippen LogP contribution in [0.3, 0.4) is 0 Å². The van der Waals surface area contributed by atoms with Crippen LogP contribution in [0.25, 0.3) is 10.1 Å². The average molecular weight is 790 g/mol. The van der Waals surface area contributed by atoms with Gasteiger partial charge in [-0.05, 0) is 55.7 Å². The number of aryl methyl sites for hydroxylation is 1. The zero-order chi connectivity index (χ0) is 38.8. The standard InChI is InChI=1S/C32H34F2N9O7PS2/c1-19-24-14-27(47-10-2-8-41-31(37)38)28(48-11-3-9-42-32(39)40)15-29(24)52-30(19)53(45,46)43-18-51(44,49-22-6-4-20(16-35)25(33)12-22)50-23-7-5-21(17-36)26(34)13-23/h4-7,12-15,43H,2-3,8-11,18H2,1H3,(H4,37,38,41)(H4,39,40,42). The molecule has 0 spiro atoms. The summed E-state index contributed by atoms with van der Waals surface area (Å²) in [7, 11) is -9.12. The summed E-state index contributed by atoms with van der Waals surface area (Å²) in [5.41, 5.74) is 10.3. The molecule has 0 aliphatic heterocycles. The van der Waals surface area contributed by atoms with E-state index in [-0.39, 0.29) is 52.0 Å². The zero-order valence-corrected chi connectivity index (χ0v) is 30.5. The van der Waals surface area contributed by atoms with Crippen molar-refractivity contribution in [2.75, 3.05) is 32.6 Å². The molecule has 4 aromatic rings. The summed E-state index contributed by atoms with van der Waals surface area (Å²) in [5, 5.41) is 38.5. The van der Waals surface area contributed by atoms with E-state index >= 15 is 0 Å². The van der Waals surface area contributed by atoms with Gasteiger partial charge in [0, 0.05) is 41.4 Å². The molecule has 3 aromatic carbocycles. The molecular formula is C32H34F2N9O7PS2. The third kappa shape index (κ3) is 10.9. The monoisotopic (exact) mass is 789 g/mol. The number of fused-ring (bicyclic) bond motifs is 1. The van der Waals surface area contributed by atoms with E-state index in [1.165, 1.54) is 0 Å². The molecular weight excluding hydrogens is 756 g/mol.